The van der Waals surface area contributed by atoms with E-state index >= 15 is 0 Å². The number of hydrogen-bond donors (Lipinski definition) is 1. The van der Waals surface area contributed by atoms with Crippen molar-refractivity contribution in [2.75, 3.05) is 0 Å². The summed E-state index contributed by atoms with van der Waals surface area (Å²) in [5.74, 6) is -2.08. The summed E-state index contributed by atoms with van der Waals surface area (Å²) in [6.45, 7) is 0. The van der Waals surface area contributed by atoms with Crippen molar-refractivity contribution >= 4 is 0 Å². The molecule has 2 aromatic rings. The fourth-order valence-electron chi connectivity index (χ4n) is 1.56. The Morgan fingerprint density at radius 3 is 2.42 bits per heavy atom. The molecule has 2 aromatic carbocycles. The number of ether oxygens (including phenoxy) is 1. The predicted molar refractivity (Wildman–Crippen MR) is 65.4 cm³/mol. The van der Waals surface area contributed by atoms with Gasteiger partial charge in [-0.05, 0) is 18.2 Å². The molecule has 0 aliphatic carbocycles. The number of benzene rings is 2. The van der Waals surface area contributed by atoms with Crippen molar-refractivity contribution in [1.82, 2.24) is 0 Å². The largest absolute Gasteiger partial charge is 0.451 e. The van der Waals surface area contributed by atoms with E-state index in [1.807, 2.05) is 0 Å². The van der Waals surface area contributed by atoms with Crippen molar-refractivity contribution in [1.29, 1.82) is 5.26 Å². The molecule has 0 fully saturated rings. The van der Waals surface area contributed by atoms with Crippen molar-refractivity contribution in [3.05, 3.63) is 59.7 Å². The van der Waals surface area contributed by atoms with Gasteiger partial charge in [-0.25, -0.2) is 8.78 Å². The minimum atomic E-state index is -1.17. The fourth-order valence-corrected chi connectivity index (χ4v) is 1.56. The molecular formula is C14H10F2N2O. The van der Waals surface area contributed by atoms with Crippen LogP contribution in [0.15, 0.2) is 42.5 Å². The zero-order valence-electron chi connectivity index (χ0n) is 9.81. The number of para-hydroxylation sites is 1. The summed E-state index contributed by atoms with van der Waals surface area (Å²) >= 11 is 0. The average molecular weight is 260 g/mol. The molecule has 2 N–H and O–H groups in total. The van der Waals surface area contributed by atoms with E-state index in [0.717, 1.165) is 12.1 Å². The predicted octanol–water partition coefficient (Wildman–Crippen LogP) is 3.28. The van der Waals surface area contributed by atoms with Gasteiger partial charge in [0.2, 0.25) is 0 Å². The molecule has 0 saturated carbocycles. The minimum Gasteiger partial charge on any atom is -0.451 e. The summed E-state index contributed by atoms with van der Waals surface area (Å²) in [7, 11) is 0. The van der Waals surface area contributed by atoms with Crippen LogP contribution in [0.1, 0.15) is 11.6 Å². The molecular weight excluding hydrogens is 250 g/mol. The van der Waals surface area contributed by atoms with Crippen molar-refractivity contribution in [3.63, 3.8) is 0 Å². The van der Waals surface area contributed by atoms with E-state index in [0.29, 0.717) is 5.75 Å². The molecule has 0 aliphatic heterocycles. The van der Waals surface area contributed by atoms with Crippen LogP contribution in [0.2, 0.25) is 0 Å². The molecule has 0 amide bonds. The van der Waals surface area contributed by atoms with Crippen molar-refractivity contribution < 1.29 is 13.5 Å². The van der Waals surface area contributed by atoms with Crippen LogP contribution in [0.5, 0.6) is 11.5 Å². The van der Waals surface area contributed by atoms with Crippen molar-refractivity contribution in [2.45, 2.75) is 6.04 Å². The summed E-state index contributed by atoms with van der Waals surface area (Å²) in [6, 6.07) is 10.9. The number of nitrogens with two attached hydrogens (primary N) is 1. The van der Waals surface area contributed by atoms with Gasteiger partial charge in [0.25, 0.3) is 0 Å². The highest BCUT2D eigenvalue weighted by atomic mass is 19.1. The molecule has 0 heterocycles. The highest BCUT2D eigenvalue weighted by Gasteiger charge is 2.19. The Bertz CT molecular complexity index is 623. The quantitative estimate of drug-likeness (QED) is 0.921. The van der Waals surface area contributed by atoms with Crippen molar-refractivity contribution in [2.24, 2.45) is 5.73 Å². The van der Waals surface area contributed by atoms with Crippen LogP contribution in [0.25, 0.3) is 0 Å². The summed E-state index contributed by atoms with van der Waals surface area (Å²) in [4.78, 5) is 0. The lowest BCUT2D eigenvalue weighted by Gasteiger charge is -2.11. The first-order valence-electron chi connectivity index (χ1n) is 5.49. The minimum absolute atomic E-state index is 0.102. The summed E-state index contributed by atoms with van der Waals surface area (Å²) in [5.41, 5.74) is 5.33. The van der Waals surface area contributed by atoms with Crippen LogP contribution in [0, 0.1) is 23.0 Å². The monoisotopic (exact) mass is 260 g/mol. The lowest BCUT2D eigenvalue weighted by atomic mass is 10.1. The Balaban J connectivity index is 2.43. The van der Waals surface area contributed by atoms with Gasteiger partial charge in [-0.2, -0.15) is 5.26 Å². The van der Waals surface area contributed by atoms with Gasteiger partial charge in [0.05, 0.1) is 6.07 Å². The second-order valence-electron chi connectivity index (χ2n) is 3.80. The highest BCUT2D eigenvalue weighted by molar-refractivity contribution is 5.39. The number of nitrogens with zero attached hydrogens (tertiary/aromatic N) is 1. The lowest BCUT2D eigenvalue weighted by Crippen LogP contribution is -2.10. The first-order valence-corrected chi connectivity index (χ1v) is 5.49. The maximum atomic E-state index is 14.1. The Kier molecular flexibility index (Phi) is 3.74. The van der Waals surface area contributed by atoms with E-state index in [4.69, 9.17) is 15.7 Å². The third kappa shape index (κ3) is 2.69. The van der Waals surface area contributed by atoms with Crippen LogP contribution in [0.4, 0.5) is 8.78 Å². The van der Waals surface area contributed by atoms with Gasteiger partial charge in [0, 0.05) is 5.56 Å². The third-order valence-corrected chi connectivity index (χ3v) is 2.52. The smallest absolute Gasteiger partial charge is 0.199 e. The SMILES string of the molecule is N#CC(N)c1ccc(F)c(Oc2ccccc2)c1F. The van der Waals surface area contributed by atoms with Crippen LogP contribution >= 0.6 is 0 Å². The third-order valence-electron chi connectivity index (χ3n) is 2.52. The molecule has 1 atom stereocenters. The summed E-state index contributed by atoms with van der Waals surface area (Å²) in [5, 5.41) is 8.69. The molecule has 2 rings (SSSR count). The number of hydrogen-bond acceptors (Lipinski definition) is 3. The topological polar surface area (TPSA) is 59.0 Å². The Labute approximate surface area is 108 Å². The normalized spacial score (nSPS) is 11.7. The molecule has 5 heteroatoms. The average Bonchev–Trinajstić information content (AvgIpc) is 2.44. The van der Waals surface area contributed by atoms with Crippen LogP contribution in [0.3, 0.4) is 0 Å². The van der Waals surface area contributed by atoms with E-state index < -0.39 is 23.4 Å². The van der Waals surface area contributed by atoms with E-state index in [2.05, 4.69) is 0 Å². The van der Waals surface area contributed by atoms with E-state index in [9.17, 15) is 8.78 Å². The van der Waals surface area contributed by atoms with E-state index in [1.165, 1.54) is 0 Å². The molecule has 0 aromatic heterocycles. The summed E-state index contributed by atoms with van der Waals surface area (Å²) < 4.78 is 32.8. The van der Waals surface area contributed by atoms with Gasteiger partial charge in [-0.15, -0.1) is 0 Å². The number of rotatable bonds is 3. The Morgan fingerprint density at radius 1 is 1.11 bits per heavy atom. The van der Waals surface area contributed by atoms with Crippen LogP contribution < -0.4 is 10.5 Å². The second kappa shape index (κ2) is 5.46. The van der Waals surface area contributed by atoms with Crippen molar-refractivity contribution in [3.8, 4) is 17.6 Å². The molecule has 19 heavy (non-hydrogen) atoms. The Hall–Kier alpha value is -2.45. The first kappa shape index (κ1) is 13.0. The van der Waals surface area contributed by atoms with E-state index in [1.54, 1.807) is 36.4 Å². The van der Waals surface area contributed by atoms with E-state index in [-0.39, 0.29) is 5.56 Å². The van der Waals surface area contributed by atoms with Crippen LogP contribution in [-0.4, -0.2) is 0 Å². The summed E-state index contributed by atoms with van der Waals surface area (Å²) in [6.07, 6.45) is 0. The highest BCUT2D eigenvalue weighted by Crippen LogP contribution is 2.31. The number of nitriles is 1. The fraction of sp³-hybridized carbons (Fsp3) is 0.0714. The number of halogens is 2. The molecule has 0 spiro atoms. The molecule has 0 bridgehead atoms. The van der Waals surface area contributed by atoms with Gasteiger partial charge < -0.3 is 10.5 Å². The molecule has 3 nitrogen and oxygen atoms in total. The maximum absolute atomic E-state index is 14.1. The lowest BCUT2D eigenvalue weighted by molar-refractivity contribution is 0.403. The standard InChI is InChI=1S/C14H10F2N2O/c15-11-7-6-10(12(18)8-17)13(16)14(11)19-9-4-2-1-3-5-9/h1-7,12H,18H2. The van der Waals surface area contributed by atoms with Gasteiger partial charge in [0.15, 0.2) is 17.4 Å². The maximum Gasteiger partial charge on any atom is 0.199 e. The zero-order chi connectivity index (χ0) is 13.8. The van der Waals surface area contributed by atoms with Gasteiger partial charge >= 0.3 is 0 Å². The van der Waals surface area contributed by atoms with Gasteiger partial charge in [0.1, 0.15) is 11.8 Å². The molecule has 0 aliphatic rings. The zero-order valence-corrected chi connectivity index (χ0v) is 9.81. The van der Waals surface area contributed by atoms with Gasteiger partial charge in [-0.3, -0.25) is 0 Å². The Morgan fingerprint density at radius 2 is 1.79 bits per heavy atom. The molecule has 0 radical (unpaired) electrons. The first-order chi connectivity index (χ1) is 9.13. The second-order valence-corrected chi connectivity index (χ2v) is 3.80. The molecule has 96 valence electrons. The van der Waals surface area contributed by atoms with Gasteiger partial charge in [-0.1, -0.05) is 24.3 Å². The van der Waals surface area contributed by atoms with Crippen LogP contribution in [-0.2, 0) is 0 Å². The molecule has 1 unspecified atom stereocenters. The molecule has 0 saturated heterocycles.